The smallest absolute Gasteiger partial charge is 0.261 e. The van der Waals surface area contributed by atoms with Crippen LogP contribution < -0.4 is 10.0 Å². The van der Waals surface area contributed by atoms with Gasteiger partial charge in [-0.2, -0.15) is 0 Å². The lowest BCUT2D eigenvalue weighted by molar-refractivity contribution is -0.122. The van der Waals surface area contributed by atoms with E-state index >= 15 is 0 Å². The number of carbonyl (C=O) groups excluding carboxylic acids is 2. The summed E-state index contributed by atoms with van der Waals surface area (Å²) in [6.45, 7) is 4.67. The summed E-state index contributed by atoms with van der Waals surface area (Å²) >= 11 is 0. The van der Waals surface area contributed by atoms with Crippen molar-refractivity contribution in [3.63, 3.8) is 0 Å². The standard InChI is InChI=1S/C20H24N2O5S/c1-14(24)16-6-10-18(11-7-16)28(26,27)22-17-8-4-15(5-9-17)12-19(25)21-20(2,3)13-23/h4-11,22-23H,12-13H2,1-3H3,(H,21,25). The van der Waals surface area contributed by atoms with Crippen LogP contribution in [0.2, 0.25) is 0 Å². The normalized spacial score (nSPS) is 11.7. The van der Waals surface area contributed by atoms with Crippen LogP contribution in [0.4, 0.5) is 5.69 Å². The van der Waals surface area contributed by atoms with Crippen molar-refractivity contribution in [1.29, 1.82) is 0 Å². The van der Waals surface area contributed by atoms with Crippen molar-refractivity contribution in [2.45, 2.75) is 37.6 Å². The summed E-state index contributed by atoms with van der Waals surface area (Å²) in [6, 6.07) is 12.1. The van der Waals surface area contributed by atoms with Crippen LogP contribution in [0.5, 0.6) is 0 Å². The van der Waals surface area contributed by atoms with Crippen molar-refractivity contribution in [3.8, 4) is 0 Å². The van der Waals surface area contributed by atoms with E-state index in [1.807, 2.05) is 0 Å². The summed E-state index contributed by atoms with van der Waals surface area (Å²) in [6.07, 6.45) is 0.114. The molecule has 0 radical (unpaired) electrons. The van der Waals surface area contributed by atoms with E-state index in [2.05, 4.69) is 10.0 Å². The molecule has 0 heterocycles. The van der Waals surface area contributed by atoms with Gasteiger partial charge in [-0.25, -0.2) is 8.42 Å². The lowest BCUT2D eigenvalue weighted by Gasteiger charge is -2.23. The molecule has 0 aliphatic heterocycles. The Morgan fingerprint density at radius 1 is 1.00 bits per heavy atom. The number of hydrogen-bond acceptors (Lipinski definition) is 5. The van der Waals surface area contributed by atoms with Crippen molar-refractivity contribution in [3.05, 3.63) is 59.7 Å². The van der Waals surface area contributed by atoms with Crippen LogP contribution in [0.1, 0.15) is 36.7 Å². The molecule has 0 aliphatic carbocycles. The van der Waals surface area contributed by atoms with Crippen LogP contribution >= 0.6 is 0 Å². The molecule has 0 unspecified atom stereocenters. The molecule has 2 rings (SSSR count). The van der Waals surface area contributed by atoms with Gasteiger partial charge >= 0.3 is 0 Å². The molecule has 0 atom stereocenters. The molecule has 8 heteroatoms. The lowest BCUT2D eigenvalue weighted by Crippen LogP contribution is -2.46. The highest BCUT2D eigenvalue weighted by Crippen LogP contribution is 2.18. The van der Waals surface area contributed by atoms with Gasteiger partial charge in [-0.3, -0.25) is 14.3 Å². The van der Waals surface area contributed by atoms with E-state index < -0.39 is 15.6 Å². The minimum Gasteiger partial charge on any atom is -0.394 e. The molecule has 150 valence electrons. The summed E-state index contributed by atoms with van der Waals surface area (Å²) in [4.78, 5) is 23.3. The van der Waals surface area contributed by atoms with Gasteiger partial charge in [0.25, 0.3) is 10.0 Å². The second-order valence-electron chi connectivity index (χ2n) is 7.15. The molecule has 0 saturated carbocycles. The number of Topliss-reactive ketones (excluding diaryl/α,β-unsaturated/α-hetero) is 1. The third-order valence-electron chi connectivity index (χ3n) is 4.02. The van der Waals surface area contributed by atoms with Gasteiger partial charge in [0.2, 0.25) is 5.91 Å². The maximum absolute atomic E-state index is 12.5. The predicted molar refractivity (Wildman–Crippen MR) is 107 cm³/mol. The van der Waals surface area contributed by atoms with E-state index in [0.29, 0.717) is 16.8 Å². The molecule has 0 aromatic heterocycles. The quantitative estimate of drug-likeness (QED) is 0.584. The number of benzene rings is 2. The molecular weight excluding hydrogens is 380 g/mol. The zero-order valence-electron chi connectivity index (χ0n) is 16.0. The van der Waals surface area contributed by atoms with E-state index in [4.69, 9.17) is 0 Å². The molecule has 0 aliphatic rings. The van der Waals surface area contributed by atoms with Gasteiger partial charge in [0.15, 0.2) is 5.78 Å². The maximum Gasteiger partial charge on any atom is 0.261 e. The maximum atomic E-state index is 12.5. The first-order chi connectivity index (χ1) is 13.0. The molecule has 2 aromatic carbocycles. The number of anilines is 1. The highest BCUT2D eigenvalue weighted by Gasteiger charge is 2.19. The summed E-state index contributed by atoms with van der Waals surface area (Å²) < 4.78 is 27.4. The van der Waals surface area contributed by atoms with Gasteiger partial charge in [-0.1, -0.05) is 24.3 Å². The van der Waals surface area contributed by atoms with E-state index in [1.165, 1.54) is 31.2 Å². The predicted octanol–water partition coefficient (Wildman–Crippen LogP) is 2.12. The average molecular weight is 404 g/mol. The molecule has 28 heavy (non-hydrogen) atoms. The van der Waals surface area contributed by atoms with Gasteiger partial charge < -0.3 is 10.4 Å². The fourth-order valence-electron chi connectivity index (χ4n) is 2.42. The molecule has 0 bridgehead atoms. The average Bonchev–Trinajstić information content (AvgIpc) is 2.62. The number of rotatable bonds is 8. The Morgan fingerprint density at radius 3 is 2.07 bits per heavy atom. The number of carbonyl (C=O) groups is 2. The molecule has 0 saturated heterocycles. The Hall–Kier alpha value is -2.71. The van der Waals surface area contributed by atoms with E-state index in [0.717, 1.165) is 0 Å². The first-order valence-corrected chi connectivity index (χ1v) is 10.2. The number of aliphatic hydroxyl groups is 1. The second-order valence-corrected chi connectivity index (χ2v) is 8.83. The van der Waals surface area contributed by atoms with Crippen molar-refractivity contribution < 1.29 is 23.1 Å². The largest absolute Gasteiger partial charge is 0.394 e. The topological polar surface area (TPSA) is 113 Å². The fourth-order valence-corrected chi connectivity index (χ4v) is 3.48. The molecule has 1 amide bonds. The van der Waals surface area contributed by atoms with E-state index in [9.17, 15) is 23.1 Å². The van der Waals surface area contributed by atoms with Gasteiger partial charge in [0.1, 0.15) is 0 Å². The fraction of sp³-hybridized carbons (Fsp3) is 0.300. The van der Waals surface area contributed by atoms with Crippen molar-refractivity contribution >= 4 is 27.4 Å². The Balaban J connectivity index is 2.05. The third kappa shape index (κ3) is 5.90. The zero-order chi connectivity index (χ0) is 20.9. The first kappa shape index (κ1) is 21.6. The number of ketones is 1. The molecule has 0 fully saturated rings. The van der Waals surface area contributed by atoms with Crippen LogP contribution in [0.15, 0.2) is 53.4 Å². The monoisotopic (exact) mass is 404 g/mol. The number of amides is 1. The van der Waals surface area contributed by atoms with Gasteiger partial charge in [-0.05, 0) is 50.6 Å². The van der Waals surface area contributed by atoms with Crippen LogP contribution in [-0.4, -0.2) is 37.4 Å². The summed E-state index contributed by atoms with van der Waals surface area (Å²) in [7, 11) is -3.79. The highest BCUT2D eigenvalue weighted by atomic mass is 32.2. The second kappa shape index (κ2) is 8.53. The van der Waals surface area contributed by atoms with Crippen LogP contribution in [0.3, 0.4) is 0 Å². The molecule has 7 nitrogen and oxygen atoms in total. The Kier molecular flexibility index (Phi) is 6.58. The number of aliphatic hydroxyl groups excluding tert-OH is 1. The summed E-state index contributed by atoms with van der Waals surface area (Å²) in [5, 5.41) is 11.9. The number of nitrogens with one attached hydrogen (secondary N) is 2. The Labute approximate surface area is 164 Å². The van der Waals surface area contributed by atoms with Gasteiger partial charge in [0.05, 0.1) is 23.5 Å². The summed E-state index contributed by atoms with van der Waals surface area (Å²) in [5.41, 5.74) is 0.798. The SMILES string of the molecule is CC(=O)c1ccc(S(=O)(=O)Nc2ccc(CC(=O)NC(C)(C)CO)cc2)cc1. The van der Waals surface area contributed by atoms with E-state index in [-0.39, 0.29) is 29.6 Å². The van der Waals surface area contributed by atoms with Crippen LogP contribution in [0, 0.1) is 0 Å². The number of sulfonamides is 1. The molecular formula is C20H24N2O5S. The van der Waals surface area contributed by atoms with Gasteiger partial charge in [-0.15, -0.1) is 0 Å². The molecule has 2 aromatic rings. The van der Waals surface area contributed by atoms with Crippen molar-refractivity contribution in [2.24, 2.45) is 0 Å². The van der Waals surface area contributed by atoms with Crippen LogP contribution in [-0.2, 0) is 21.2 Å². The Bertz CT molecular complexity index is 949. The zero-order valence-corrected chi connectivity index (χ0v) is 16.8. The van der Waals surface area contributed by atoms with Crippen molar-refractivity contribution in [2.75, 3.05) is 11.3 Å². The lowest BCUT2D eigenvalue weighted by atomic mass is 10.1. The molecule has 3 N–H and O–H groups in total. The third-order valence-corrected chi connectivity index (χ3v) is 5.41. The van der Waals surface area contributed by atoms with Crippen molar-refractivity contribution in [1.82, 2.24) is 5.32 Å². The molecule has 0 spiro atoms. The highest BCUT2D eigenvalue weighted by molar-refractivity contribution is 7.92. The van der Waals surface area contributed by atoms with Gasteiger partial charge in [0, 0.05) is 11.3 Å². The summed E-state index contributed by atoms with van der Waals surface area (Å²) in [5.74, 6) is -0.378. The van der Waals surface area contributed by atoms with E-state index in [1.54, 1.807) is 38.1 Å². The number of hydrogen-bond donors (Lipinski definition) is 3. The minimum atomic E-state index is -3.79. The minimum absolute atomic E-state index is 0.0483. The van der Waals surface area contributed by atoms with Crippen LogP contribution in [0.25, 0.3) is 0 Å². The Morgan fingerprint density at radius 2 is 1.57 bits per heavy atom. The first-order valence-electron chi connectivity index (χ1n) is 8.67.